The van der Waals surface area contributed by atoms with Gasteiger partial charge in [-0.2, -0.15) is 5.10 Å². The van der Waals surface area contributed by atoms with Crippen LogP contribution in [0.1, 0.15) is 22.5 Å². The van der Waals surface area contributed by atoms with Crippen LogP contribution in [0.15, 0.2) is 36.5 Å². The second-order valence-corrected chi connectivity index (χ2v) is 7.75. The topological polar surface area (TPSA) is 81.1 Å². The third kappa shape index (κ3) is 3.19. The van der Waals surface area contributed by atoms with Crippen LogP contribution in [0.4, 0.5) is 0 Å². The molecule has 1 fully saturated rings. The van der Waals surface area contributed by atoms with E-state index in [-0.39, 0.29) is 23.5 Å². The Labute approximate surface area is 129 Å². The molecule has 1 aromatic heterocycles. The minimum atomic E-state index is -2.99. The molecule has 0 radical (unpaired) electrons. The summed E-state index contributed by atoms with van der Waals surface area (Å²) in [5.41, 5.74) is 2.30. The lowest BCUT2D eigenvalue weighted by molar-refractivity contribution is 0.0941. The molecule has 2 heterocycles. The second-order valence-electron chi connectivity index (χ2n) is 5.52. The van der Waals surface area contributed by atoms with Gasteiger partial charge in [0, 0.05) is 17.8 Å². The normalized spacial score (nSPS) is 20.0. The molecule has 0 saturated carbocycles. The summed E-state index contributed by atoms with van der Waals surface area (Å²) < 4.78 is 24.5. The first kappa shape index (κ1) is 14.8. The van der Waals surface area contributed by atoms with Gasteiger partial charge in [-0.15, -0.1) is 0 Å². The van der Waals surface area contributed by atoms with Gasteiger partial charge in [-0.3, -0.25) is 4.79 Å². The molecule has 6 nitrogen and oxygen atoms in total. The quantitative estimate of drug-likeness (QED) is 0.918. The van der Waals surface area contributed by atoms with E-state index in [0.29, 0.717) is 12.0 Å². The fourth-order valence-electron chi connectivity index (χ4n) is 2.50. The van der Waals surface area contributed by atoms with Crippen molar-refractivity contribution in [1.82, 2.24) is 15.1 Å². The van der Waals surface area contributed by atoms with Crippen LogP contribution in [0.5, 0.6) is 0 Å². The molecule has 0 aliphatic carbocycles. The van der Waals surface area contributed by atoms with Crippen molar-refractivity contribution >= 4 is 15.7 Å². The average Bonchev–Trinajstić information content (AvgIpc) is 3.05. The van der Waals surface area contributed by atoms with Gasteiger partial charge in [0.05, 0.1) is 22.9 Å². The SMILES string of the molecule is Cc1ccn(-c2ccc(C(=O)N[C@@H]3CCS(=O)(=O)C3)cc2)n1. The molecule has 1 N–H and O–H groups in total. The van der Waals surface area contributed by atoms with Crippen molar-refractivity contribution in [2.75, 3.05) is 11.5 Å². The van der Waals surface area contributed by atoms with Gasteiger partial charge in [0.2, 0.25) is 0 Å². The van der Waals surface area contributed by atoms with E-state index in [1.807, 2.05) is 31.3 Å². The van der Waals surface area contributed by atoms with E-state index in [1.165, 1.54) is 0 Å². The van der Waals surface area contributed by atoms with E-state index in [2.05, 4.69) is 10.4 Å². The second kappa shape index (κ2) is 5.57. The van der Waals surface area contributed by atoms with Gasteiger partial charge in [-0.25, -0.2) is 13.1 Å². The number of carbonyl (C=O) groups excluding carboxylic acids is 1. The first-order valence-corrected chi connectivity index (χ1v) is 8.89. The number of hydrogen-bond acceptors (Lipinski definition) is 4. The van der Waals surface area contributed by atoms with Gasteiger partial charge in [-0.1, -0.05) is 0 Å². The van der Waals surface area contributed by atoms with Crippen molar-refractivity contribution < 1.29 is 13.2 Å². The molecule has 1 saturated heterocycles. The zero-order valence-corrected chi connectivity index (χ0v) is 13.0. The third-order valence-electron chi connectivity index (χ3n) is 3.68. The predicted molar refractivity (Wildman–Crippen MR) is 82.8 cm³/mol. The number of aromatic nitrogens is 2. The molecule has 1 aliphatic rings. The first-order chi connectivity index (χ1) is 10.4. The van der Waals surface area contributed by atoms with E-state index in [1.54, 1.807) is 16.8 Å². The van der Waals surface area contributed by atoms with Gasteiger partial charge >= 0.3 is 0 Å². The fraction of sp³-hybridized carbons (Fsp3) is 0.333. The molecule has 1 atom stereocenters. The Hall–Kier alpha value is -2.15. The molecule has 1 amide bonds. The van der Waals surface area contributed by atoms with Gasteiger partial charge in [0.15, 0.2) is 9.84 Å². The Bertz CT molecular complexity index is 794. The van der Waals surface area contributed by atoms with Crippen molar-refractivity contribution in [2.45, 2.75) is 19.4 Å². The number of carbonyl (C=O) groups is 1. The smallest absolute Gasteiger partial charge is 0.251 e. The molecule has 0 bridgehead atoms. The Balaban J connectivity index is 1.69. The summed E-state index contributed by atoms with van der Waals surface area (Å²) in [6, 6.07) is 8.67. The van der Waals surface area contributed by atoms with E-state index in [0.717, 1.165) is 11.4 Å². The van der Waals surface area contributed by atoms with Gasteiger partial charge in [0.1, 0.15) is 0 Å². The van der Waals surface area contributed by atoms with Crippen LogP contribution in [-0.4, -0.2) is 41.7 Å². The minimum absolute atomic E-state index is 0.0311. The van der Waals surface area contributed by atoms with Crippen molar-refractivity contribution in [3.8, 4) is 5.69 Å². The van der Waals surface area contributed by atoms with E-state index in [4.69, 9.17) is 0 Å². The molecule has 1 aromatic carbocycles. The Kier molecular flexibility index (Phi) is 3.74. The van der Waals surface area contributed by atoms with Crippen LogP contribution in [0.25, 0.3) is 5.69 Å². The lowest BCUT2D eigenvalue weighted by Crippen LogP contribution is -2.35. The maximum Gasteiger partial charge on any atom is 0.251 e. The summed E-state index contributed by atoms with van der Waals surface area (Å²) in [5.74, 6) is -0.0656. The van der Waals surface area contributed by atoms with E-state index in [9.17, 15) is 13.2 Å². The number of nitrogens with one attached hydrogen (secondary N) is 1. The van der Waals surface area contributed by atoms with Crippen molar-refractivity contribution in [1.29, 1.82) is 0 Å². The maximum atomic E-state index is 12.1. The van der Waals surface area contributed by atoms with Gasteiger partial charge in [0.25, 0.3) is 5.91 Å². The third-order valence-corrected chi connectivity index (χ3v) is 5.45. The highest BCUT2D eigenvalue weighted by atomic mass is 32.2. The van der Waals surface area contributed by atoms with E-state index < -0.39 is 9.84 Å². The molecule has 22 heavy (non-hydrogen) atoms. The molecule has 7 heteroatoms. The molecular formula is C15H17N3O3S. The Morgan fingerprint density at radius 3 is 2.55 bits per heavy atom. The highest BCUT2D eigenvalue weighted by Gasteiger charge is 2.29. The van der Waals surface area contributed by atoms with Gasteiger partial charge < -0.3 is 5.32 Å². The molecule has 2 aromatic rings. The van der Waals surface area contributed by atoms with Crippen LogP contribution < -0.4 is 5.32 Å². The number of sulfone groups is 1. The predicted octanol–water partition coefficient (Wildman–Crippen LogP) is 1.10. The minimum Gasteiger partial charge on any atom is -0.348 e. The summed E-state index contributed by atoms with van der Waals surface area (Å²) in [7, 11) is -2.99. The number of amides is 1. The van der Waals surface area contributed by atoms with Crippen molar-refractivity contribution in [3.05, 3.63) is 47.8 Å². The van der Waals surface area contributed by atoms with E-state index >= 15 is 0 Å². The first-order valence-electron chi connectivity index (χ1n) is 7.07. The average molecular weight is 319 g/mol. The number of benzene rings is 1. The van der Waals surface area contributed by atoms with Gasteiger partial charge in [-0.05, 0) is 43.7 Å². The zero-order valence-electron chi connectivity index (χ0n) is 12.2. The largest absolute Gasteiger partial charge is 0.348 e. The Morgan fingerprint density at radius 2 is 2.00 bits per heavy atom. The molecule has 3 rings (SSSR count). The molecule has 1 aliphatic heterocycles. The maximum absolute atomic E-state index is 12.1. The van der Waals surface area contributed by atoms with Crippen molar-refractivity contribution in [2.24, 2.45) is 0 Å². The number of hydrogen-bond donors (Lipinski definition) is 1. The number of rotatable bonds is 3. The summed E-state index contributed by atoms with van der Waals surface area (Å²) >= 11 is 0. The van der Waals surface area contributed by atoms with Crippen LogP contribution in [-0.2, 0) is 9.84 Å². The highest BCUT2D eigenvalue weighted by molar-refractivity contribution is 7.91. The molecule has 116 valence electrons. The lowest BCUT2D eigenvalue weighted by atomic mass is 10.1. The molecule has 0 spiro atoms. The van der Waals surface area contributed by atoms with Crippen LogP contribution >= 0.6 is 0 Å². The number of aryl methyl sites for hydroxylation is 1. The lowest BCUT2D eigenvalue weighted by Gasteiger charge is -2.11. The number of nitrogens with zero attached hydrogens (tertiary/aromatic N) is 2. The van der Waals surface area contributed by atoms with Crippen LogP contribution in [0, 0.1) is 6.92 Å². The summed E-state index contributed by atoms with van der Waals surface area (Å²) in [4.78, 5) is 12.1. The van der Waals surface area contributed by atoms with Crippen LogP contribution in [0.3, 0.4) is 0 Å². The monoisotopic (exact) mass is 319 g/mol. The standard InChI is InChI=1S/C15H17N3O3S/c1-11-6-8-18(17-11)14-4-2-12(3-5-14)15(19)16-13-7-9-22(20,21)10-13/h2-6,8,13H,7,9-10H2,1H3,(H,16,19)/t13-/m1/s1. The van der Waals surface area contributed by atoms with Crippen LogP contribution in [0.2, 0.25) is 0 Å². The highest BCUT2D eigenvalue weighted by Crippen LogP contribution is 2.13. The summed E-state index contributed by atoms with van der Waals surface area (Å²) in [6.45, 7) is 1.91. The molecule has 0 unspecified atom stereocenters. The zero-order chi connectivity index (χ0) is 15.7. The molecular weight excluding hydrogens is 302 g/mol. The Morgan fingerprint density at radius 1 is 1.27 bits per heavy atom. The summed E-state index contributed by atoms with van der Waals surface area (Å²) in [5, 5.41) is 7.08. The van der Waals surface area contributed by atoms with Crippen molar-refractivity contribution in [3.63, 3.8) is 0 Å². The fourth-order valence-corrected chi connectivity index (χ4v) is 4.18. The summed E-state index contributed by atoms with van der Waals surface area (Å²) in [6.07, 6.45) is 2.34.